The molecule has 0 amide bonds. The summed E-state index contributed by atoms with van der Waals surface area (Å²) in [6.07, 6.45) is 15.1. The summed E-state index contributed by atoms with van der Waals surface area (Å²) in [6.45, 7) is 12.3. The Hall–Kier alpha value is -1.96. The van der Waals surface area contributed by atoms with Crippen LogP contribution in [0.3, 0.4) is 0 Å². The van der Waals surface area contributed by atoms with Crippen molar-refractivity contribution in [3.63, 3.8) is 0 Å². The second-order valence-electron chi connectivity index (χ2n) is 6.36. The van der Waals surface area contributed by atoms with E-state index in [0.29, 0.717) is 0 Å². The standard InChI is InChI=1S/C10H9N.C9H13N.2C2H6/c1-2-7-10-9(5-1)6-3-4-8-11-10;1-9(2)4-3-7-5-8(7)6-10-9;2*1-2/h1-3,5-8H,4H2;3-4,6-8H,5H2,1-2H3;2*1-2H3. The molecule has 2 atom stereocenters. The Labute approximate surface area is 154 Å². The van der Waals surface area contributed by atoms with E-state index >= 15 is 0 Å². The topological polar surface area (TPSA) is 24.7 Å². The highest BCUT2D eigenvalue weighted by Gasteiger charge is 2.35. The third-order valence-corrected chi connectivity index (χ3v) is 3.95. The predicted octanol–water partition coefficient (Wildman–Crippen LogP) is 6.90. The molecule has 2 heteroatoms. The van der Waals surface area contributed by atoms with E-state index in [4.69, 9.17) is 0 Å². The van der Waals surface area contributed by atoms with Crippen molar-refractivity contribution in [2.45, 2.75) is 59.9 Å². The van der Waals surface area contributed by atoms with Crippen LogP contribution < -0.4 is 0 Å². The zero-order valence-corrected chi connectivity index (χ0v) is 16.7. The summed E-state index contributed by atoms with van der Waals surface area (Å²) in [7, 11) is 0. The van der Waals surface area contributed by atoms with E-state index in [-0.39, 0.29) is 5.54 Å². The van der Waals surface area contributed by atoms with Crippen LogP contribution in [0.25, 0.3) is 6.08 Å². The third kappa shape index (κ3) is 7.21. The lowest BCUT2D eigenvalue weighted by Crippen LogP contribution is -2.11. The fraction of sp³-hybridized carbons (Fsp3) is 0.478. The fourth-order valence-corrected chi connectivity index (χ4v) is 2.47. The first-order valence-electron chi connectivity index (χ1n) is 9.67. The second kappa shape index (κ2) is 10.8. The van der Waals surface area contributed by atoms with Crippen molar-refractivity contribution in [2.75, 3.05) is 0 Å². The smallest absolute Gasteiger partial charge is 0.0727 e. The second-order valence-corrected chi connectivity index (χ2v) is 6.36. The predicted molar refractivity (Wildman–Crippen MR) is 114 cm³/mol. The van der Waals surface area contributed by atoms with Crippen molar-refractivity contribution in [3.8, 4) is 0 Å². The average molecular weight is 339 g/mol. The molecule has 2 unspecified atom stereocenters. The Morgan fingerprint density at radius 3 is 2.48 bits per heavy atom. The van der Waals surface area contributed by atoms with Crippen LogP contribution in [-0.4, -0.2) is 18.0 Å². The van der Waals surface area contributed by atoms with Crippen molar-refractivity contribution in [1.82, 2.24) is 0 Å². The SMILES string of the molecule is C1=Cc2ccccc2N=CC1.CC.CC.CC1(C)C=CC2CC2C=N1. The van der Waals surface area contributed by atoms with Gasteiger partial charge in [0.1, 0.15) is 0 Å². The Morgan fingerprint density at radius 1 is 1.00 bits per heavy atom. The Balaban J connectivity index is 0.000000210. The van der Waals surface area contributed by atoms with Crippen LogP contribution in [-0.2, 0) is 0 Å². The monoisotopic (exact) mass is 338 g/mol. The minimum absolute atomic E-state index is 0.0629. The molecule has 1 fully saturated rings. The van der Waals surface area contributed by atoms with Crippen molar-refractivity contribution in [2.24, 2.45) is 21.8 Å². The van der Waals surface area contributed by atoms with Gasteiger partial charge in [-0.15, -0.1) is 0 Å². The van der Waals surface area contributed by atoms with Gasteiger partial charge in [-0.05, 0) is 37.8 Å². The van der Waals surface area contributed by atoms with Gasteiger partial charge in [0.25, 0.3) is 0 Å². The molecule has 1 aromatic carbocycles. The van der Waals surface area contributed by atoms with Crippen LogP contribution in [0.5, 0.6) is 0 Å². The molecule has 25 heavy (non-hydrogen) atoms. The van der Waals surface area contributed by atoms with Gasteiger partial charge in [-0.1, -0.05) is 70.2 Å². The highest BCUT2D eigenvalue weighted by molar-refractivity contribution is 5.75. The lowest BCUT2D eigenvalue weighted by Gasteiger charge is -2.12. The van der Waals surface area contributed by atoms with Gasteiger partial charge in [0, 0.05) is 24.8 Å². The van der Waals surface area contributed by atoms with Crippen LogP contribution in [0.2, 0.25) is 0 Å². The van der Waals surface area contributed by atoms with Gasteiger partial charge in [-0.2, -0.15) is 0 Å². The van der Waals surface area contributed by atoms with E-state index < -0.39 is 0 Å². The highest BCUT2D eigenvalue weighted by Crippen LogP contribution is 2.40. The van der Waals surface area contributed by atoms with Crippen molar-refractivity contribution >= 4 is 24.2 Å². The van der Waals surface area contributed by atoms with Crippen LogP contribution in [0.1, 0.15) is 59.9 Å². The van der Waals surface area contributed by atoms with Crippen LogP contribution in [0.4, 0.5) is 5.69 Å². The van der Waals surface area contributed by atoms with Gasteiger partial charge in [-0.3, -0.25) is 9.98 Å². The van der Waals surface area contributed by atoms with E-state index in [2.05, 4.69) is 60.4 Å². The molecule has 0 aromatic heterocycles. The molecule has 0 spiro atoms. The molecule has 0 N–H and O–H groups in total. The van der Waals surface area contributed by atoms with Crippen molar-refractivity contribution < 1.29 is 0 Å². The fourth-order valence-electron chi connectivity index (χ4n) is 2.47. The summed E-state index contributed by atoms with van der Waals surface area (Å²) in [5.74, 6) is 1.60. The van der Waals surface area contributed by atoms with Crippen LogP contribution in [0, 0.1) is 11.8 Å². The minimum atomic E-state index is 0.0629. The van der Waals surface area contributed by atoms with Gasteiger partial charge in [0.05, 0.1) is 11.2 Å². The molecular formula is C23H34N2. The third-order valence-electron chi connectivity index (χ3n) is 3.95. The van der Waals surface area contributed by atoms with Gasteiger partial charge >= 0.3 is 0 Å². The summed E-state index contributed by atoms with van der Waals surface area (Å²) >= 11 is 0. The number of allylic oxidation sites excluding steroid dienone is 2. The van der Waals surface area contributed by atoms with Crippen molar-refractivity contribution in [3.05, 3.63) is 48.1 Å². The van der Waals surface area contributed by atoms with Gasteiger partial charge in [0.15, 0.2) is 0 Å². The number of benzene rings is 1. The molecular weight excluding hydrogens is 304 g/mol. The van der Waals surface area contributed by atoms with E-state index in [0.717, 1.165) is 23.9 Å². The first kappa shape index (κ1) is 21.1. The first-order chi connectivity index (χ1) is 12.1. The highest BCUT2D eigenvalue weighted by atomic mass is 14.8. The van der Waals surface area contributed by atoms with Crippen molar-refractivity contribution in [1.29, 1.82) is 0 Å². The molecule has 0 bridgehead atoms. The lowest BCUT2D eigenvalue weighted by molar-refractivity contribution is 0.659. The minimum Gasteiger partial charge on any atom is -0.287 e. The number of para-hydroxylation sites is 1. The molecule has 1 aromatic rings. The molecule has 2 heterocycles. The molecule has 2 nitrogen and oxygen atoms in total. The van der Waals surface area contributed by atoms with Crippen LogP contribution in [0.15, 0.2) is 52.5 Å². The number of fused-ring (bicyclic) bond motifs is 2. The molecule has 0 radical (unpaired) electrons. The number of nitrogens with zero attached hydrogens (tertiary/aromatic N) is 2. The van der Waals surface area contributed by atoms with E-state index in [1.165, 1.54) is 12.0 Å². The van der Waals surface area contributed by atoms with Crippen LogP contribution >= 0.6 is 0 Å². The van der Waals surface area contributed by atoms with E-state index in [1.807, 2.05) is 52.1 Å². The maximum absolute atomic E-state index is 4.47. The molecule has 4 rings (SSSR count). The summed E-state index contributed by atoms with van der Waals surface area (Å²) < 4.78 is 0. The molecule has 1 aliphatic carbocycles. The van der Waals surface area contributed by atoms with E-state index in [1.54, 1.807) is 0 Å². The average Bonchev–Trinajstić information content (AvgIpc) is 3.45. The van der Waals surface area contributed by atoms with Gasteiger partial charge in [-0.25, -0.2) is 0 Å². The Bertz CT molecular complexity index is 570. The molecule has 136 valence electrons. The Kier molecular flexibility index (Phi) is 9.12. The van der Waals surface area contributed by atoms with E-state index in [9.17, 15) is 0 Å². The maximum Gasteiger partial charge on any atom is 0.0727 e. The maximum atomic E-state index is 4.47. The molecule has 3 aliphatic rings. The first-order valence-corrected chi connectivity index (χ1v) is 9.67. The Morgan fingerprint density at radius 2 is 1.72 bits per heavy atom. The quantitative estimate of drug-likeness (QED) is 0.460. The zero-order valence-electron chi connectivity index (χ0n) is 16.7. The summed E-state index contributed by atoms with van der Waals surface area (Å²) in [5.41, 5.74) is 2.34. The number of aliphatic imine (C=N–C) groups is 2. The summed E-state index contributed by atoms with van der Waals surface area (Å²) in [6, 6.07) is 8.15. The number of hydrogen-bond donors (Lipinski definition) is 0. The van der Waals surface area contributed by atoms with Gasteiger partial charge in [0.2, 0.25) is 0 Å². The normalized spacial score (nSPS) is 23.0. The largest absolute Gasteiger partial charge is 0.287 e. The van der Waals surface area contributed by atoms with Gasteiger partial charge < -0.3 is 0 Å². The summed E-state index contributed by atoms with van der Waals surface area (Å²) in [4.78, 5) is 8.77. The lowest BCUT2D eigenvalue weighted by atomic mass is 10.1. The molecule has 2 aliphatic heterocycles. The zero-order chi connectivity index (χ0) is 18.7. The molecule has 1 saturated carbocycles. The number of hydrogen-bond acceptors (Lipinski definition) is 2. The number of rotatable bonds is 0. The summed E-state index contributed by atoms with van der Waals surface area (Å²) in [5, 5.41) is 0. The molecule has 0 saturated heterocycles.